The number of amides is 1. The second-order valence-corrected chi connectivity index (χ2v) is 8.23. The van der Waals surface area contributed by atoms with E-state index in [9.17, 15) is 4.79 Å². The molecule has 5 heteroatoms. The number of thiazole rings is 1. The van der Waals surface area contributed by atoms with Gasteiger partial charge in [-0.15, -0.1) is 11.3 Å². The summed E-state index contributed by atoms with van der Waals surface area (Å²) in [7, 11) is 0. The van der Waals surface area contributed by atoms with Crippen molar-refractivity contribution in [1.29, 1.82) is 0 Å². The van der Waals surface area contributed by atoms with E-state index in [0.717, 1.165) is 42.6 Å². The Morgan fingerprint density at radius 3 is 2.83 bits per heavy atom. The number of piperidine rings is 1. The van der Waals surface area contributed by atoms with Crippen LogP contribution in [0.1, 0.15) is 61.0 Å². The maximum Gasteiger partial charge on any atom is 0.224 e. The second-order valence-electron chi connectivity index (χ2n) is 6.95. The van der Waals surface area contributed by atoms with Crippen LogP contribution in [0.3, 0.4) is 0 Å². The molecule has 2 aliphatic rings. The van der Waals surface area contributed by atoms with Crippen molar-refractivity contribution in [3.63, 3.8) is 0 Å². The van der Waals surface area contributed by atoms with Gasteiger partial charge in [0, 0.05) is 17.5 Å². The molecule has 1 atom stereocenters. The van der Waals surface area contributed by atoms with Gasteiger partial charge in [-0.25, -0.2) is 4.98 Å². The van der Waals surface area contributed by atoms with Crippen LogP contribution >= 0.6 is 11.3 Å². The molecular formula is C18H29N3OS. The Balaban J connectivity index is 1.53. The van der Waals surface area contributed by atoms with Crippen LogP contribution in [0.25, 0.3) is 0 Å². The molecule has 2 fully saturated rings. The van der Waals surface area contributed by atoms with Crippen molar-refractivity contribution < 1.29 is 4.79 Å². The third-order valence-electron chi connectivity index (χ3n) is 5.31. The van der Waals surface area contributed by atoms with E-state index >= 15 is 0 Å². The second kappa shape index (κ2) is 7.75. The summed E-state index contributed by atoms with van der Waals surface area (Å²) >= 11 is 1.71. The number of carbonyl (C=O) groups is 1. The minimum atomic E-state index is 0.170. The van der Waals surface area contributed by atoms with Gasteiger partial charge in [0.1, 0.15) is 0 Å². The van der Waals surface area contributed by atoms with E-state index in [4.69, 9.17) is 0 Å². The fraction of sp³-hybridized carbons (Fsp3) is 0.778. The molecule has 0 unspecified atom stereocenters. The molecule has 4 nitrogen and oxygen atoms in total. The van der Waals surface area contributed by atoms with E-state index in [-0.39, 0.29) is 11.8 Å². The van der Waals surface area contributed by atoms with Crippen molar-refractivity contribution in [3.8, 4) is 0 Å². The Bertz CT molecular complexity index is 536. The van der Waals surface area contributed by atoms with Gasteiger partial charge in [-0.05, 0) is 45.6 Å². The van der Waals surface area contributed by atoms with Crippen LogP contribution in [-0.2, 0) is 17.8 Å². The number of nitrogens with one attached hydrogen (secondary N) is 1. The van der Waals surface area contributed by atoms with Crippen LogP contribution < -0.4 is 5.32 Å². The van der Waals surface area contributed by atoms with Crippen molar-refractivity contribution in [2.45, 2.75) is 71.4 Å². The number of hydrogen-bond acceptors (Lipinski definition) is 4. The summed E-state index contributed by atoms with van der Waals surface area (Å²) in [5, 5.41) is 4.27. The zero-order chi connectivity index (χ0) is 16.2. The number of hydrogen-bond donors (Lipinski definition) is 1. The van der Waals surface area contributed by atoms with Gasteiger partial charge in [0.2, 0.25) is 5.91 Å². The Kier molecular flexibility index (Phi) is 5.70. The van der Waals surface area contributed by atoms with Gasteiger partial charge in [-0.2, -0.15) is 0 Å². The molecule has 1 amide bonds. The average molecular weight is 336 g/mol. The molecule has 0 aromatic carbocycles. The first-order valence-electron chi connectivity index (χ1n) is 9.14. The smallest absolute Gasteiger partial charge is 0.224 e. The van der Waals surface area contributed by atoms with Crippen molar-refractivity contribution in [2.75, 3.05) is 13.1 Å². The highest BCUT2D eigenvalue weighted by Gasteiger charge is 2.31. The highest BCUT2D eigenvalue weighted by atomic mass is 32.1. The molecule has 1 N–H and O–H groups in total. The number of aromatic nitrogens is 1. The van der Waals surface area contributed by atoms with Crippen molar-refractivity contribution in [1.82, 2.24) is 15.2 Å². The minimum absolute atomic E-state index is 0.170. The standard InChI is InChI=1S/C18H29N3OS/c1-3-16-17(23-13(2)20-16)11-19-18(22)14-7-6-10-21(12-14)15-8-4-5-9-15/h14-15H,3-12H2,1-2H3,(H,19,22)/t14-/m0/s1. The quantitative estimate of drug-likeness (QED) is 0.898. The number of aryl methyl sites for hydroxylation is 2. The minimum Gasteiger partial charge on any atom is -0.351 e. The summed E-state index contributed by atoms with van der Waals surface area (Å²) in [5.41, 5.74) is 1.14. The topological polar surface area (TPSA) is 45.2 Å². The normalized spacial score (nSPS) is 23.3. The third-order valence-corrected chi connectivity index (χ3v) is 6.32. The van der Waals surface area contributed by atoms with Gasteiger partial charge in [0.25, 0.3) is 0 Å². The Morgan fingerprint density at radius 1 is 1.30 bits per heavy atom. The zero-order valence-corrected chi connectivity index (χ0v) is 15.3. The van der Waals surface area contributed by atoms with Crippen molar-refractivity contribution in [3.05, 3.63) is 15.6 Å². The zero-order valence-electron chi connectivity index (χ0n) is 14.4. The van der Waals surface area contributed by atoms with Crippen LogP contribution in [0.4, 0.5) is 0 Å². The molecule has 128 valence electrons. The highest BCUT2D eigenvalue weighted by Crippen LogP contribution is 2.28. The molecule has 23 heavy (non-hydrogen) atoms. The predicted molar refractivity (Wildman–Crippen MR) is 94.6 cm³/mol. The molecule has 0 bridgehead atoms. The lowest BCUT2D eigenvalue weighted by atomic mass is 9.95. The Morgan fingerprint density at radius 2 is 2.09 bits per heavy atom. The number of carbonyl (C=O) groups excluding carboxylic acids is 1. The van der Waals surface area contributed by atoms with Crippen LogP contribution in [-0.4, -0.2) is 34.9 Å². The molecule has 1 aromatic rings. The van der Waals surface area contributed by atoms with Gasteiger partial charge < -0.3 is 5.32 Å². The number of nitrogens with zero attached hydrogens (tertiary/aromatic N) is 2. The average Bonchev–Trinajstić information content (AvgIpc) is 3.22. The summed E-state index contributed by atoms with van der Waals surface area (Å²) in [4.78, 5) is 20.9. The summed E-state index contributed by atoms with van der Waals surface area (Å²) in [6.07, 6.45) is 8.52. The lowest BCUT2D eigenvalue weighted by molar-refractivity contribution is -0.127. The molecule has 1 aliphatic heterocycles. The lowest BCUT2D eigenvalue weighted by Crippen LogP contribution is -2.46. The molecule has 3 rings (SSSR count). The van der Waals surface area contributed by atoms with E-state index in [1.807, 2.05) is 6.92 Å². The van der Waals surface area contributed by atoms with E-state index in [1.165, 1.54) is 37.1 Å². The molecule has 2 heterocycles. The summed E-state index contributed by atoms with van der Waals surface area (Å²) in [6, 6.07) is 0.737. The van der Waals surface area contributed by atoms with Crippen molar-refractivity contribution >= 4 is 17.2 Å². The molecule has 0 radical (unpaired) electrons. The number of likely N-dealkylation sites (tertiary alicyclic amines) is 1. The lowest BCUT2D eigenvalue weighted by Gasteiger charge is -2.36. The van der Waals surface area contributed by atoms with Gasteiger partial charge in [-0.1, -0.05) is 19.8 Å². The Hall–Kier alpha value is -0.940. The highest BCUT2D eigenvalue weighted by molar-refractivity contribution is 7.11. The molecule has 1 aliphatic carbocycles. The summed E-state index contributed by atoms with van der Waals surface area (Å²) < 4.78 is 0. The first kappa shape index (κ1) is 16.9. The SMILES string of the molecule is CCc1nc(C)sc1CNC(=O)[C@H]1CCCN(C2CCCC2)C1. The maximum absolute atomic E-state index is 12.6. The van der Waals surface area contributed by atoms with Gasteiger partial charge in [0.05, 0.1) is 23.2 Å². The third kappa shape index (κ3) is 4.13. The van der Waals surface area contributed by atoms with Gasteiger partial charge in [-0.3, -0.25) is 9.69 Å². The van der Waals surface area contributed by atoms with E-state index < -0.39 is 0 Å². The van der Waals surface area contributed by atoms with E-state index in [1.54, 1.807) is 11.3 Å². The largest absolute Gasteiger partial charge is 0.351 e. The predicted octanol–water partition coefficient (Wildman–Crippen LogP) is 3.28. The first-order chi connectivity index (χ1) is 11.2. The van der Waals surface area contributed by atoms with Gasteiger partial charge >= 0.3 is 0 Å². The first-order valence-corrected chi connectivity index (χ1v) is 9.96. The monoisotopic (exact) mass is 335 g/mol. The van der Waals surface area contributed by atoms with Crippen molar-refractivity contribution in [2.24, 2.45) is 5.92 Å². The molecule has 0 spiro atoms. The summed E-state index contributed by atoms with van der Waals surface area (Å²) in [6.45, 7) is 6.95. The van der Waals surface area contributed by atoms with Crippen LogP contribution in [0, 0.1) is 12.8 Å². The van der Waals surface area contributed by atoms with E-state index in [0.29, 0.717) is 6.54 Å². The van der Waals surface area contributed by atoms with E-state index in [2.05, 4.69) is 22.1 Å². The van der Waals surface area contributed by atoms with Crippen LogP contribution in [0.2, 0.25) is 0 Å². The molecule has 1 aromatic heterocycles. The molecule has 1 saturated carbocycles. The van der Waals surface area contributed by atoms with Crippen LogP contribution in [0.5, 0.6) is 0 Å². The van der Waals surface area contributed by atoms with Gasteiger partial charge in [0.15, 0.2) is 0 Å². The maximum atomic E-state index is 12.6. The van der Waals surface area contributed by atoms with Crippen LogP contribution in [0.15, 0.2) is 0 Å². The number of rotatable bonds is 5. The summed E-state index contributed by atoms with van der Waals surface area (Å²) in [5.74, 6) is 0.407. The Labute approximate surface area is 143 Å². The molecule has 1 saturated heterocycles. The fourth-order valence-electron chi connectivity index (χ4n) is 4.06. The molecular weight excluding hydrogens is 306 g/mol. The fourth-order valence-corrected chi connectivity index (χ4v) is 5.02.